The molecule has 0 spiro atoms. The third-order valence-electron chi connectivity index (χ3n) is 5.39. The van der Waals surface area contributed by atoms with Crippen molar-refractivity contribution in [3.63, 3.8) is 0 Å². The molecule has 1 saturated heterocycles. The zero-order chi connectivity index (χ0) is 23.2. The van der Waals surface area contributed by atoms with Gasteiger partial charge in [0.15, 0.2) is 17.1 Å². The summed E-state index contributed by atoms with van der Waals surface area (Å²) in [5.41, 5.74) is -0.934. The maximum Gasteiger partial charge on any atom is 0.322 e. The molecule has 1 atom stereocenters. The van der Waals surface area contributed by atoms with E-state index in [0.717, 1.165) is 0 Å². The SMILES string of the molecule is C=C(Oc1nc(C)ncc1C)C1(CN2Cc3ccc(OC)c(F)c3C2=O)NC(=O)NC1=O. The molecule has 0 radical (unpaired) electrons. The Morgan fingerprint density at radius 1 is 1.31 bits per heavy atom. The molecule has 166 valence electrons. The Morgan fingerprint density at radius 2 is 2.06 bits per heavy atom. The maximum absolute atomic E-state index is 14.7. The predicted octanol–water partition coefficient (Wildman–Crippen LogP) is 1.37. The van der Waals surface area contributed by atoms with Gasteiger partial charge in [0.2, 0.25) is 5.88 Å². The summed E-state index contributed by atoms with van der Waals surface area (Å²) >= 11 is 0. The minimum absolute atomic E-state index is 0.0267. The number of urea groups is 1. The third kappa shape index (κ3) is 3.31. The second-order valence-corrected chi connectivity index (χ2v) is 7.52. The number of fused-ring (bicyclic) bond motifs is 1. The monoisotopic (exact) mass is 441 g/mol. The molecule has 4 amide bonds. The van der Waals surface area contributed by atoms with Crippen LogP contribution in [0.5, 0.6) is 11.6 Å². The number of rotatable bonds is 6. The summed E-state index contributed by atoms with van der Waals surface area (Å²) in [6.07, 6.45) is 1.54. The fourth-order valence-corrected chi connectivity index (χ4v) is 3.67. The summed E-state index contributed by atoms with van der Waals surface area (Å²) in [4.78, 5) is 47.3. The fourth-order valence-electron chi connectivity index (χ4n) is 3.67. The standard InChI is InChI=1S/C21H20FN5O5/c1-10-7-23-12(3)24-17(10)32-11(2)21(19(29)25-20(30)26-21)9-27-8-13-5-6-14(31-4)16(22)15(13)18(27)28/h5-7H,2,8-9H2,1,3-4H3,(H2,25,26,29,30). The van der Waals surface area contributed by atoms with Gasteiger partial charge in [-0.15, -0.1) is 0 Å². The number of amides is 4. The molecule has 1 aromatic carbocycles. The summed E-state index contributed by atoms with van der Waals surface area (Å²) in [7, 11) is 1.30. The third-order valence-corrected chi connectivity index (χ3v) is 5.39. The van der Waals surface area contributed by atoms with Crippen molar-refractivity contribution < 1.29 is 28.2 Å². The lowest BCUT2D eigenvalue weighted by Crippen LogP contribution is -2.57. The Bertz CT molecular complexity index is 1180. The van der Waals surface area contributed by atoms with E-state index < -0.39 is 29.2 Å². The van der Waals surface area contributed by atoms with Crippen LogP contribution in [-0.2, 0) is 11.3 Å². The van der Waals surface area contributed by atoms with Crippen LogP contribution in [0.4, 0.5) is 9.18 Å². The molecule has 2 N–H and O–H groups in total. The first kappa shape index (κ1) is 21.2. The highest BCUT2D eigenvalue weighted by Crippen LogP contribution is 2.33. The predicted molar refractivity (Wildman–Crippen MR) is 108 cm³/mol. The smallest absolute Gasteiger partial charge is 0.322 e. The molecular weight excluding hydrogens is 421 g/mol. The number of carbonyl (C=O) groups is 3. The van der Waals surface area contributed by atoms with Crippen LogP contribution in [-0.4, -0.2) is 51.9 Å². The van der Waals surface area contributed by atoms with Crippen molar-refractivity contribution in [1.29, 1.82) is 0 Å². The van der Waals surface area contributed by atoms with E-state index in [9.17, 15) is 18.8 Å². The Kier molecular flexibility index (Phi) is 5.03. The molecule has 2 aliphatic rings. The molecule has 0 saturated carbocycles. The molecule has 1 fully saturated rings. The van der Waals surface area contributed by atoms with Gasteiger partial charge in [0.25, 0.3) is 11.8 Å². The van der Waals surface area contributed by atoms with E-state index in [-0.39, 0.29) is 36.0 Å². The van der Waals surface area contributed by atoms with Gasteiger partial charge in [-0.3, -0.25) is 14.9 Å². The average molecular weight is 441 g/mol. The van der Waals surface area contributed by atoms with Crippen molar-refractivity contribution in [2.24, 2.45) is 0 Å². The Balaban J connectivity index is 1.66. The van der Waals surface area contributed by atoms with Gasteiger partial charge in [-0.25, -0.2) is 14.2 Å². The number of imide groups is 1. The minimum atomic E-state index is -1.80. The lowest BCUT2D eigenvalue weighted by molar-refractivity contribution is -0.123. The van der Waals surface area contributed by atoms with E-state index >= 15 is 0 Å². The number of nitrogens with one attached hydrogen (secondary N) is 2. The van der Waals surface area contributed by atoms with Gasteiger partial charge in [-0.05, 0) is 25.5 Å². The van der Waals surface area contributed by atoms with Crippen LogP contribution in [0, 0.1) is 19.7 Å². The average Bonchev–Trinajstić information content (AvgIpc) is 3.21. The van der Waals surface area contributed by atoms with Crippen LogP contribution in [0.1, 0.15) is 27.3 Å². The van der Waals surface area contributed by atoms with E-state index in [4.69, 9.17) is 9.47 Å². The van der Waals surface area contributed by atoms with Crippen molar-refractivity contribution in [3.05, 3.63) is 59.0 Å². The van der Waals surface area contributed by atoms with Crippen molar-refractivity contribution >= 4 is 17.8 Å². The molecule has 0 aliphatic carbocycles. The number of methoxy groups -OCH3 is 1. The molecule has 2 aliphatic heterocycles. The topological polar surface area (TPSA) is 123 Å². The number of hydrogen-bond donors (Lipinski definition) is 2. The molecule has 1 unspecified atom stereocenters. The van der Waals surface area contributed by atoms with E-state index in [1.807, 2.05) is 0 Å². The highest BCUT2D eigenvalue weighted by Gasteiger charge is 2.53. The highest BCUT2D eigenvalue weighted by atomic mass is 19.1. The quantitative estimate of drug-likeness (QED) is 0.513. The molecule has 1 aromatic heterocycles. The van der Waals surface area contributed by atoms with Gasteiger partial charge in [0.05, 0.1) is 19.2 Å². The molecular formula is C21H20FN5O5. The molecule has 4 rings (SSSR count). The van der Waals surface area contributed by atoms with Gasteiger partial charge in [0, 0.05) is 18.3 Å². The normalized spacial score (nSPS) is 19.5. The second-order valence-electron chi connectivity index (χ2n) is 7.52. The van der Waals surface area contributed by atoms with Gasteiger partial charge in [-0.1, -0.05) is 12.6 Å². The minimum Gasteiger partial charge on any atom is -0.494 e. The lowest BCUT2D eigenvalue weighted by atomic mass is 9.96. The molecule has 10 nitrogen and oxygen atoms in total. The number of carbonyl (C=O) groups excluding carboxylic acids is 3. The number of aryl methyl sites for hydroxylation is 2. The summed E-state index contributed by atoms with van der Waals surface area (Å²) in [6.45, 7) is 6.90. The fraction of sp³-hybridized carbons (Fsp3) is 0.286. The number of aromatic nitrogens is 2. The van der Waals surface area contributed by atoms with Crippen LogP contribution in [0.15, 0.2) is 30.7 Å². The van der Waals surface area contributed by atoms with Crippen molar-refractivity contribution in [1.82, 2.24) is 25.5 Å². The largest absolute Gasteiger partial charge is 0.494 e. The van der Waals surface area contributed by atoms with E-state index in [2.05, 4.69) is 27.2 Å². The number of halogens is 1. The summed E-state index contributed by atoms with van der Waals surface area (Å²) in [5, 5.41) is 4.65. The van der Waals surface area contributed by atoms with Gasteiger partial charge in [-0.2, -0.15) is 4.98 Å². The van der Waals surface area contributed by atoms with E-state index in [1.54, 1.807) is 26.1 Å². The molecule has 2 aromatic rings. The van der Waals surface area contributed by atoms with Gasteiger partial charge < -0.3 is 19.7 Å². The molecule has 0 bridgehead atoms. The lowest BCUT2D eigenvalue weighted by Gasteiger charge is -2.31. The highest BCUT2D eigenvalue weighted by molar-refractivity contribution is 6.09. The van der Waals surface area contributed by atoms with Crippen LogP contribution in [0.3, 0.4) is 0 Å². The first-order valence-corrected chi connectivity index (χ1v) is 9.62. The van der Waals surface area contributed by atoms with Crippen LogP contribution in [0.25, 0.3) is 0 Å². The van der Waals surface area contributed by atoms with Crippen molar-refractivity contribution in [3.8, 4) is 11.6 Å². The van der Waals surface area contributed by atoms with Crippen LogP contribution < -0.4 is 20.1 Å². The Morgan fingerprint density at radius 3 is 2.72 bits per heavy atom. The zero-order valence-corrected chi connectivity index (χ0v) is 17.6. The van der Waals surface area contributed by atoms with Gasteiger partial charge in [0.1, 0.15) is 11.6 Å². The molecule has 11 heteroatoms. The number of benzene rings is 1. The summed E-state index contributed by atoms with van der Waals surface area (Å²) in [6, 6.07) is 2.23. The number of hydrogen-bond acceptors (Lipinski definition) is 7. The Hall–Kier alpha value is -4.02. The maximum atomic E-state index is 14.7. The molecule has 32 heavy (non-hydrogen) atoms. The first-order valence-electron chi connectivity index (χ1n) is 9.62. The Labute approximate surface area is 182 Å². The van der Waals surface area contributed by atoms with E-state index in [1.165, 1.54) is 18.1 Å². The molecule has 3 heterocycles. The van der Waals surface area contributed by atoms with E-state index in [0.29, 0.717) is 17.0 Å². The van der Waals surface area contributed by atoms with Crippen LogP contribution in [0.2, 0.25) is 0 Å². The van der Waals surface area contributed by atoms with Crippen LogP contribution >= 0.6 is 0 Å². The zero-order valence-electron chi connectivity index (χ0n) is 17.6. The van der Waals surface area contributed by atoms with Crippen molar-refractivity contribution in [2.75, 3.05) is 13.7 Å². The number of ether oxygens (including phenoxy) is 2. The summed E-state index contributed by atoms with van der Waals surface area (Å²) in [5.74, 6) is -1.81. The summed E-state index contributed by atoms with van der Waals surface area (Å²) < 4.78 is 25.4. The first-order chi connectivity index (χ1) is 15.2. The number of nitrogens with zero attached hydrogens (tertiary/aromatic N) is 3. The second kappa shape index (κ2) is 7.59. The van der Waals surface area contributed by atoms with Gasteiger partial charge >= 0.3 is 6.03 Å². The van der Waals surface area contributed by atoms with Crippen molar-refractivity contribution in [2.45, 2.75) is 25.9 Å².